The fourth-order valence-corrected chi connectivity index (χ4v) is 3.81. The number of rotatable bonds is 7. The summed E-state index contributed by atoms with van der Waals surface area (Å²) in [4.78, 5) is 28.4. The summed E-state index contributed by atoms with van der Waals surface area (Å²) in [6.45, 7) is 5.56. The summed E-state index contributed by atoms with van der Waals surface area (Å²) in [5.41, 5.74) is 4.40. The Labute approximate surface area is 162 Å². The van der Waals surface area contributed by atoms with E-state index in [1.165, 1.54) is 5.56 Å². The molecule has 0 saturated heterocycles. The van der Waals surface area contributed by atoms with Gasteiger partial charge in [0.2, 0.25) is 0 Å². The lowest BCUT2D eigenvalue weighted by molar-refractivity contribution is -0.148. The van der Waals surface area contributed by atoms with E-state index < -0.39 is 0 Å². The molecule has 6 heteroatoms. The fraction of sp³-hybridized carbons (Fsp3) is 0.333. The molecule has 0 unspecified atom stereocenters. The lowest BCUT2D eigenvalue weighted by Crippen LogP contribution is -2.34. The van der Waals surface area contributed by atoms with Crippen molar-refractivity contribution >= 4 is 34.1 Å². The van der Waals surface area contributed by atoms with Crippen LogP contribution in [0.25, 0.3) is 21.5 Å². The van der Waals surface area contributed by atoms with E-state index in [-0.39, 0.29) is 30.9 Å². The van der Waals surface area contributed by atoms with Gasteiger partial charge in [0.25, 0.3) is 5.91 Å². The first kappa shape index (κ1) is 19.2. The van der Waals surface area contributed by atoms with Gasteiger partial charge in [-0.2, -0.15) is 0 Å². The Morgan fingerprint density at radius 2 is 2.07 bits per heavy atom. The Balaban J connectivity index is 1.74. The van der Waals surface area contributed by atoms with Crippen molar-refractivity contribution in [1.82, 2.24) is 10.3 Å². The molecule has 0 fully saturated rings. The number of aromatic nitrogens is 1. The first-order chi connectivity index (χ1) is 12.9. The monoisotopic (exact) mass is 384 g/mol. The van der Waals surface area contributed by atoms with Crippen LogP contribution < -0.4 is 5.32 Å². The topological polar surface area (TPSA) is 71.2 Å². The van der Waals surface area contributed by atoms with Gasteiger partial charge < -0.3 is 15.0 Å². The number of hydrogen-bond donors (Lipinski definition) is 2. The van der Waals surface area contributed by atoms with Gasteiger partial charge in [-0.1, -0.05) is 17.7 Å². The zero-order valence-corrected chi connectivity index (χ0v) is 16.6. The van der Waals surface area contributed by atoms with Crippen LogP contribution in [0.1, 0.15) is 31.4 Å². The normalized spacial score (nSPS) is 11.1. The number of esters is 1. The van der Waals surface area contributed by atoms with Crippen molar-refractivity contribution in [3.8, 4) is 10.6 Å². The molecule has 142 valence electrons. The van der Waals surface area contributed by atoms with E-state index in [1.807, 2.05) is 25.3 Å². The van der Waals surface area contributed by atoms with E-state index in [2.05, 4.69) is 41.5 Å². The number of fused-ring (bicyclic) bond motifs is 1. The van der Waals surface area contributed by atoms with E-state index in [1.54, 1.807) is 11.3 Å². The maximum Gasteiger partial charge on any atom is 0.306 e. The van der Waals surface area contributed by atoms with Crippen molar-refractivity contribution in [2.45, 2.75) is 39.7 Å². The molecule has 2 N–H and O–H groups in total. The van der Waals surface area contributed by atoms with Crippen molar-refractivity contribution in [2.24, 2.45) is 0 Å². The van der Waals surface area contributed by atoms with Gasteiger partial charge in [-0.25, -0.2) is 0 Å². The van der Waals surface area contributed by atoms with Gasteiger partial charge in [-0.05, 0) is 56.3 Å². The molecule has 1 amide bonds. The predicted octanol–water partition coefficient (Wildman–Crippen LogP) is 4.21. The molecule has 0 aliphatic rings. The molecule has 0 radical (unpaired) electrons. The summed E-state index contributed by atoms with van der Waals surface area (Å²) in [6, 6.07) is 10.4. The summed E-state index contributed by atoms with van der Waals surface area (Å²) >= 11 is 1.66. The highest BCUT2D eigenvalue weighted by Crippen LogP contribution is 2.34. The van der Waals surface area contributed by atoms with Crippen LogP contribution in [0.15, 0.2) is 35.7 Å². The van der Waals surface area contributed by atoms with Crippen LogP contribution in [0, 0.1) is 6.92 Å². The third-order valence-electron chi connectivity index (χ3n) is 4.22. The molecule has 5 nitrogen and oxygen atoms in total. The molecule has 3 rings (SSSR count). The second kappa shape index (κ2) is 8.39. The summed E-state index contributed by atoms with van der Waals surface area (Å²) < 4.78 is 5.11. The number of ether oxygens (including phenoxy) is 1. The number of carbonyl (C=O) groups is 2. The Bertz CT molecular complexity index is 942. The molecular formula is C21H24N2O3S. The molecule has 0 bridgehead atoms. The average molecular weight is 385 g/mol. The first-order valence-electron chi connectivity index (χ1n) is 9.04. The van der Waals surface area contributed by atoms with Crippen LogP contribution in [0.3, 0.4) is 0 Å². The molecule has 2 heterocycles. The molecule has 0 aliphatic heterocycles. The number of hydrogen-bond acceptors (Lipinski definition) is 4. The van der Waals surface area contributed by atoms with Gasteiger partial charge in [-0.15, -0.1) is 11.3 Å². The van der Waals surface area contributed by atoms with E-state index in [4.69, 9.17) is 4.74 Å². The van der Waals surface area contributed by atoms with Crippen LogP contribution in [0.2, 0.25) is 0 Å². The smallest absolute Gasteiger partial charge is 0.306 e. The van der Waals surface area contributed by atoms with Crippen LogP contribution in [0.5, 0.6) is 0 Å². The van der Waals surface area contributed by atoms with E-state index in [0.29, 0.717) is 6.42 Å². The molecule has 2 aromatic heterocycles. The summed E-state index contributed by atoms with van der Waals surface area (Å²) in [7, 11) is 0. The van der Waals surface area contributed by atoms with Crippen molar-refractivity contribution in [2.75, 3.05) is 6.61 Å². The standard InChI is InChI=1S/C21H24N2O3S/c1-13(2)22-19(24)12-26-20(25)9-7-15-16-11-14(3)6-8-17(16)23-21(15)18-5-4-10-27-18/h4-6,8,10-11,13,23H,7,9,12H2,1-3H3,(H,22,24). The highest BCUT2D eigenvalue weighted by molar-refractivity contribution is 7.13. The number of benzene rings is 1. The maximum absolute atomic E-state index is 12.1. The quantitative estimate of drug-likeness (QED) is 0.600. The molecule has 0 atom stereocenters. The third kappa shape index (κ3) is 4.77. The van der Waals surface area contributed by atoms with Gasteiger partial charge in [0.05, 0.1) is 10.6 Å². The van der Waals surface area contributed by atoms with E-state index in [9.17, 15) is 9.59 Å². The number of nitrogens with one attached hydrogen (secondary N) is 2. The predicted molar refractivity (Wildman–Crippen MR) is 109 cm³/mol. The van der Waals surface area contributed by atoms with Crippen molar-refractivity contribution in [1.29, 1.82) is 0 Å². The van der Waals surface area contributed by atoms with Crippen LogP contribution in [-0.4, -0.2) is 29.5 Å². The Hall–Kier alpha value is -2.60. The van der Waals surface area contributed by atoms with E-state index in [0.717, 1.165) is 27.0 Å². The second-order valence-electron chi connectivity index (χ2n) is 6.89. The number of aromatic amines is 1. The minimum Gasteiger partial charge on any atom is -0.456 e. The summed E-state index contributed by atoms with van der Waals surface area (Å²) in [5, 5.41) is 5.87. The zero-order chi connectivity index (χ0) is 19.4. The van der Waals surface area contributed by atoms with Gasteiger partial charge in [0, 0.05) is 23.4 Å². The minimum absolute atomic E-state index is 0.0269. The third-order valence-corrected chi connectivity index (χ3v) is 5.11. The van der Waals surface area contributed by atoms with Gasteiger partial charge in [0.15, 0.2) is 6.61 Å². The number of amides is 1. The van der Waals surface area contributed by atoms with Gasteiger partial charge >= 0.3 is 5.97 Å². The number of carbonyl (C=O) groups excluding carboxylic acids is 2. The Morgan fingerprint density at radius 1 is 1.26 bits per heavy atom. The van der Waals surface area contributed by atoms with Crippen molar-refractivity contribution in [3.05, 3.63) is 46.8 Å². The second-order valence-corrected chi connectivity index (χ2v) is 7.84. The summed E-state index contributed by atoms with van der Waals surface area (Å²) in [5.74, 6) is -0.645. The van der Waals surface area contributed by atoms with Crippen LogP contribution in [-0.2, 0) is 20.7 Å². The maximum atomic E-state index is 12.1. The zero-order valence-electron chi connectivity index (χ0n) is 15.8. The van der Waals surface area contributed by atoms with Crippen molar-refractivity contribution < 1.29 is 14.3 Å². The molecule has 0 spiro atoms. The molecule has 3 aromatic rings. The minimum atomic E-state index is -0.368. The molecule has 0 aliphatic carbocycles. The van der Waals surface area contributed by atoms with E-state index >= 15 is 0 Å². The SMILES string of the molecule is Cc1ccc2[nH]c(-c3cccs3)c(CCC(=O)OCC(=O)NC(C)C)c2c1. The Kier molecular flexibility index (Phi) is 5.96. The first-order valence-corrected chi connectivity index (χ1v) is 9.92. The molecule has 1 aromatic carbocycles. The number of aryl methyl sites for hydroxylation is 2. The Morgan fingerprint density at radius 3 is 2.78 bits per heavy atom. The largest absolute Gasteiger partial charge is 0.456 e. The highest BCUT2D eigenvalue weighted by atomic mass is 32.1. The lowest BCUT2D eigenvalue weighted by Gasteiger charge is -2.09. The highest BCUT2D eigenvalue weighted by Gasteiger charge is 2.16. The molecular weight excluding hydrogens is 360 g/mol. The molecule has 27 heavy (non-hydrogen) atoms. The fourth-order valence-electron chi connectivity index (χ4n) is 3.06. The number of thiophene rings is 1. The van der Waals surface area contributed by atoms with Gasteiger partial charge in [-0.3, -0.25) is 9.59 Å². The van der Waals surface area contributed by atoms with Crippen molar-refractivity contribution in [3.63, 3.8) is 0 Å². The molecule has 0 saturated carbocycles. The average Bonchev–Trinajstić information content (AvgIpc) is 3.25. The van der Waals surface area contributed by atoms with Gasteiger partial charge in [0.1, 0.15) is 0 Å². The summed E-state index contributed by atoms with van der Waals surface area (Å²) in [6.07, 6.45) is 0.787. The lowest BCUT2D eigenvalue weighted by atomic mass is 10.0. The van der Waals surface area contributed by atoms with Crippen LogP contribution in [0.4, 0.5) is 0 Å². The number of H-pyrrole nitrogens is 1. The van der Waals surface area contributed by atoms with Crippen LogP contribution >= 0.6 is 11.3 Å².